The van der Waals surface area contributed by atoms with Crippen LogP contribution in [0.2, 0.25) is 0 Å². The molecule has 0 atom stereocenters. The van der Waals surface area contributed by atoms with Gasteiger partial charge < -0.3 is 4.90 Å². The third-order valence-electron chi connectivity index (χ3n) is 4.49. The Morgan fingerprint density at radius 3 is 2.67 bits per heavy atom. The maximum absolute atomic E-state index is 5.52. The average molecular weight is 305 g/mol. The van der Waals surface area contributed by atoms with Gasteiger partial charge in [-0.2, -0.15) is 4.98 Å². The van der Waals surface area contributed by atoms with Crippen molar-refractivity contribution in [3.63, 3.8) is 0 Å². The predicted octanol–water partition coefficient (Wildman–Crippen LogP) is 3.30. The number of fused-ring (bicyclic) bond motifs is 1. The minimum absolute atomic E-state index is 0.496. The lowest BCUT2D eigenvalue weighted by atomic mass is 9.87. The number of hydrogen-bond donors (Lipinski definition) is 2. The van der Waals surface area contributed by atoms with E-state index in [0.717, 1.165) is 22.0 Å². The summed E-state index contributed by atoms with van der Waals surface area (Å²) in [6.45, 7) is 4.45. The summed E-state index contributed by atoms with van der Waals surface area (Å²) in [5, 5.41) is 1.14. The van der Waals surface area contributed by atoms with Gasteiger partial charge in [-0.05, 0) is 44.6 Å². The first-order chi connectivity index (χ1) is 10.1. The average Bonchev–Trinajstić information content (AvgIpc) is 2.86. The van der Waals surface area contributed by atoms with Gasteiger partial charge in [0, 0.05) is 18.0 Å². The summed E-state index contributed by atoms with van der Waals surface area (Å²) < 4.78 is 0. The van der Waals surface area contributed by atoms with Crippen LogP contribution in [0.25, 0.3) is 10.2 Å². The standard InChI is InChI=1S/C15H23N5S/c1-9-4-6-11(7-5-9)20(3)13-12-8-10(2)21-14(12)18-15(17-13)19-16/h8-9,11H,4-7,16H2,1-3H3,(H,17,18,19). The molecular weight excluding hydrogens is 282 g/mol. The van der Waals surface area contributed by atoms with Gasteiger partial charge in [-0.15, -0.1) is 11.3 Å². The molecule has 0 saturated heterocycles. The topological polar surface area (TPSA) is 67.1 Å². The molecule has 6 heteroatoms. The third kappa shape index (κ3) is 2.82. The van der Waals surface area contributed by atoms with Crippen molar-refractivity contribution in [1.82, 2.24) is 9.97 Å². The van der Waals surface area contributed by atoms with Gasteiger partial charge >= 0.3 is 0 Å². The highest BCUT2D eigenvalue weighted by molar-refractivity contribution is 7.18. The van der Waals surface area contributed by atoms with E-state index in [1.807, 2.05) is 0 Å². The molecule has 0 bridgehead atoms. The van der Waals surface area contributed by atoms with Crippen molar-refractivity contribution in [1.29, 1.82) is 0 Å². The number of nitrogens with one attached hydrogen (secondary N) is 1. The van der Waals surface area contributed by atoms with Crippen molar-refractivity contribution in [2.24, 2.45) is 11.8 Å². The van der Waals surface area contributed by atoms with E-state index >= 15 is 0 Å². The third-order valence-corrected chi connectivity index (χ3v) is 5.44. The summed E-state index contributed by atoms with van der Waals surface area (Å²) in [5.41, 5.74) is 2.59. The molecule has 0 aromatic carbocycles. The van der Waals surface area contributed by atoms with Crippen LogP contribution in [0.5, 0.6) is 0 Å². The lowest BCUT2D eigenvalue weighted by Crippen LogP contribution is -2.35. The molecule has 0 spiro atoms. The molecule has 5 nitrogen and oxygen atoms in total. The van der Waals surface area contributed by atoms with Crippen LogP contribution in [0.4, 0.5) is 11.8 Å². The van der Waals surface area contributed by atoms with E-state index in [1.54, 1.807) is 11.3 Å². The van der Waals surface area contributed by atoms with E-state index in [4.69, 9.17) is 5.84 Å². The summed E-state index contributed by atoms with van der Waals surface area (Å²) >= 11 is 1.69. The SMILES string of the molecule is Cc1cc2c(N(C)C3CCC(C)CC3)nc(NN)nc2s1. The Hall–Kier alpha value is -1.40. The van der Waals surface area contributed by atoms with Gasteiger partial charge in [0.05, 0.1) is 5.39 Å². The number of thiophene rings is 1. The maximum Gasteiger partial charge on any atom is 0.240 e. The molecule has 0 radical (unpaired) electrons. The molecule has 2 aromatic heterocycles. The molecule has 3 N–H and O–H groups in total. The molecule has 21 heavy (non-hydrogen) atoms. The van der Waals surface area contributed by atoms with Gasteiger partial charge in [0.2, 0.25) is 5.95 Å². The highest BCUT2D eigenvalue weighted by Gasteiger charge is 2.24. The number of nitrogens with zero attached hydrogens (tertiary/aromatic N) is 3. The van der Waals surface area contributed by atoms with Crippen molar-refractivity contribution in [2.45, 2.75) is 45.6 Å². The molecule has 114 valence electrons. The van der Waals surface area contributed by atoms with Gasteiger partial charge in [0.25, 0.3) is 0 Å². The molecule has 1 saturated carbocycles. The normalized spacial score (nSPS) is 22.5. The number of anilines is 2. The van der Waals surface area contributed by atoms with Crippen LogP contribution in [-0.2, 0) is 0 Å². The van der Waals surface area contributed by atoms with Crippen molar-refractivity contribution in [3.8, 4) is 0 Å². The fourth-order valence-electron chi connectivity index (χ4n) is 3.16. The monoisotopic (exact) mass is 305 g/mol. The first-order valence-electron chi connectivity index (χ1n) is 7.56. The molecule has 0 amide bonds. The Balaban J connectivity index is 1.97. The Morgan fingerprint density at radius 2 is 2.00 bits per heavy atom. The maximum atomic E-state index is 5.52. The fourth-order valence-corrected chi connectivity index (χ4v) is 4.04. The van der Waals surface area contributed by atoms with E-state index in [9.17, 15) is 0 Å². The van der Waals surface area contributed by atoms with Crippen molar-refractivity contribution < 1.29 is 0 Å². The second-order valence-corrected chi connectivity index (χ2v) is 7.35. The van der Waals surface area contributed by atoms with Crippen LogP contribution < -0.4 is 16.2 Å². The number of rotatable bonds is 3. The molecule has 0 aliphatic heterocycles. The van der Waals surface area contributed by atoms with Gasteiger partial charge in [-0.3, -0.25) is 5.43 Å². The van der Waals surface area contributed by atoms with Crippen LogP contribution in [0, 0.1) is 12.8 Å². The number of aryl methyl sites for hydroxylation is 1. The summed E-state index contributed by atoms with van der Waals surface area (Å²) in [6.07, 6.45) is 5.07. The summed E-state index contributed by atoms with van der Waals surface area (Å²) in [5.74, 6) is 7.87. The first kappa shape index (κ1) is 14.5. The molecule has 2 aromatic rings. The van der Waals surface area contributed by atoms with Crippen molar-refractivity contribution in [2.75, 3.05) is 17.4 Å². The van der Waals surface area contributed by atoms with Crippen LogP contribution in [-0.4, -0.2) is 23.1 Å². The smallest absolute Gasteiger partial charge is 0.240 e. The van der Waals surface area contributed by atoms with Crippen molar-refractivity contribution in [3.05, 3.63) is 10.9 Å². The Labute approximate surface area is 129 Å². The minimum atomic E-state index is 0.496. The summed E-state index contributed by atoms with van der Waals surface area (Å²) in [7, 11) is 2.15. The Bertz CT molecular complexity index is 630. The van der Waals surface area contributed by atoms with Crippen LogP contribution in [0.15, 0.2) is 6.07 Å². The number of hydrazine groups is 1. The second kappa shape index (κ2) is 5.77. The van der Waals surface area contributed by atoms with Gasteiger partial charge in [0.1, 0.15) is 10.6 Å². The van der Waals surface area contributed by atoms with Crippen LogP contribution in [0.3, 0.4) is 0 Å². The van der Waals surface area contributed by atoms with E-state index < -0.39 is 0 Å². The van der Waals surface area contributed by atoms with Crippen LogP contribution in [0.1, 0.15) is 37.5 Å². The zero-order chi connectivity index (χ0) is 15.0. The lowest BCUT2D eigenvalue weighted by Gasteiger charge is -2.34. The molecule has 3 rings (SSSR count). The highest BCUT2D eigenvalue weighted by Crippen LogP contribution is 2.35. The molecule has 0 unspecified atom stereocenters. The summed E-state index contributed by atoms with van der Waals surface area (Å²) in [4.78, 5) is 13.6. The highest BCUT2D eigenvalue weighted by atomic mass is 32.1. The molecule has 2 heterocycles. The number of hydrogen-bond acceptors (Lipinski definition) is 6. The van der Waals surface area contributed by atoms with E-state index in [1.165, 1.54) is 30.6 Å². The number of nitrogens with two attached hydrogens (primary N) is 1. The molecule has 1 aliphatic rings. The lowest BCUT2D eigenvalue weighted by molar-refractivity contribution is 0.340. The van der Waals surface area contributed by atoms with Gasteiger partial charge in [-0.25, -0.2) is 10.8 Å². The van der Waals surface area contributed by atoms with E-state index in [0.29, 0.717) is 12.0 Å². The van der Waals surface area contributed by atoms with E-state index in [2.05, 4.69) is 47.3 Å². The second-order valence-electron chi connectivity index (χ2n) is 6.12. The quantitative estimate of drug-likeness (QED) is 0.673. The Kier molecular flexibility index (Phi) is 3.99. The minimum Gasteiger partial charge on any atom is -0.356 e. The first-order valence-corrected chi connectivity index (χ1v) is 8.37. The zero-order valence-corrected chi connectivity index (χ0v) is 13.7. The van der Waals surface area contributed by atoms with E-state index in [-0.39, 0.29) is 0 Å². The van der Waals surface area contributed by atoms with Gasteiger partial charge in [-0.1, -0.05) is 6.92 Å². The molecular formula is C15H23N5S. The summed E-state index contributed by atoms with van der Waals surface area (Å²) in [6, 6.07) is 2.74. The van der Waals surface area contributed by atoms with Crippen molar-refractivity contribution >= 4 is 33.3 Å². The Morgan fingerprint density at radius 1 is 1.29 bits per heavy atom. The van der Waals surface area contributed by atoms with Crippen LogP contribution >= 0.6 is 11.3 Å². The largest absolute Gasteiger partial charge is 0.356 e. The van der Waals surface area contributed by atoms with Gasteiger partial charge in [0.15, 0.2) is 0 Å². The molecule has 1 fully saturated rings. The number of aromatic nitrogens is 2. The number of nitrogen functional groups attached to an aromatic ring is 1. The predicted molar refractivity (Wildman–Crippen MR) is 89.8 cm³/mol. The fraction of sp³-hybridized carbons (Fsp3) is 0.600. The zero-order valence-electron chi connectivity index (χ0n) is 12.9. The molecule has 1 aliphatic carbocycles.